The molecule has 1 heterocycles. The van der Waals surface area contributed by atoms with E-state index in [4.69, 9.17) is 0 Å². The van der Waals surface area contributed by atoms with Gasteiger partial charge in [0, 0.05) is 6.42 Å². The standard InChI is InChI=1S/C6H13N/c1-6-4-3-5-7(6)2/h6-7H,2-5H2,1H3/t6-/m1/s1. The van der Waals surface area contributed by atoms with Gasteiger partial charge in [0.1, 0.15) is 0 Å². The van der Waals surface area contributed by atoms with Gasteiger partial charge in [0.15, 0.2) is 0 Å². The van der Waals surface area contributed by atoms with Gasteiger partial charge in [-0.25, -0.2) is 0 Å². The summed E-state index contributed by atoms with van der Waals surface area (Å²) in [5.74, 6) is 0. The smallest absolute Gasteiger partial charge is 0.0608 e. The van der Waals surface area contributed by atoms with Crippen LogP contribution < -0.4 is 4.90 Å². The van der Waals surface area contributed by atoms with Crippen LogP contribution in [0, 0.1) is 7.05 Å². The SMILES string of the molecule is [CH2-][NH+]1CCC[C@H]1C. The molecular formula is C6H13N. The first kappa shape index (κ1) is 5.10. The zero-order valence-corrected chi connectivity index (χ0v) is 4.91. The van der Waals surface area contributed by atoms with E-state index in [2.05, 4.69) is 14.0 Å². The predicted molar refractivity (Wildman–Crippen MR) is 29.9 cm³/mol. The molecule has 1 saturated heterocycles. The van der Waals surface area contributed by atoms with E-state index in [1.807, 2.05) is 0 Å². The number of hydrogen-bond donors (Lipinski definition) is 1. The Balaban J connectivity index is 2.33. The molecular weight excluding hydrogens is 86.1 g/mol. The minimum absolute atomic E-state index is 0.819. The van der Waals surface area contributed by atoms with Crippen molar-refractivity contribution in [3.8, 4) is 0 Å². The van der Waals surface area contributed by atoms with Crippen LogP contribution in [0.25, 0.3) is 0 Å². The van der Waals surface area contributed by atoms with Crippen molar-refractivity contribution in [2.45, 2.75) is 25.8 Å². The van der Waals surface area contributed by atoms with E-state index < -0.39 is 0 Å². The Bertz CT molecular complexity index is 53.2. The molecule has 0 saturated carbocycles. The fourth-order valence-corrected chi connectivity index (χ4v) is 1.09. The maximum Gasteiger partial charge on any atom is 0.0608 e. The van der Waals surface area contributed by atoms with Gasteiger partial charge < -0.3 is 4.90 Å². The Labute approximate surface area is 45.3 Å². The monoisotopic (exact) mass is 99.1 g/mol. The van der Waals surface area contributed by atoms with Gasteiger partial charge in [-0.1, -0.05) is 0 Å². The molecule has 0 aromatic heterocycles. The molecule has 1 N–H and O–H groups in total. The van der Waals surface area contributed by atoms with Crippen LogP contribution in [-0.2, 0) is 0 Å². The van der Waals surface area contributed by atoms with Crippen LogP contribution in [0.2, 0.25) is 0 Å². The molecule has 0 aromatic rings. The van der Waals surface area contributed by atoms with Crippen LogP contribution in [-0.4, -0.2) is 12.6 Å². The molecule has 1 aliphatic rings. The summed E-state index contributed by atoms with van der Waals surface area (Å²) in [4.78, 5) is 1.46. The average Bonchev–Trinajstić information content (AvgIpc) is 1.91. The molecule has 1 rings (SSSR count). The van der Waals surface area contributed by atoms with E-state index in [1.165, 1.54) is 24.3 Å². The maximum absolute atomic E-state index is 3.94. The Morgan fingerprint density at radius 1 is 1.71 bits per heavy atom. The van der Waals surface area contributed by atoms with Gasteiger partial charge in [0.25, 0.3) is 0 Å². The number of likely N-dealkylation sites (tertiary alicyclic amines) is 1. The van der Waals surface area contributed by atoms with Crippen LogP contribution in [0.3, 0.4) is 0 Å². The van der Waals surface area contributed by atoms with Crippen LogP contribution in [0.4, 0.5) is 0 Å². The van der Waals surface area contributed by atoms with E-state index >= 15 is 0 Å². The Hall–Kier alpha value is -0.0400. The van der Waals surface area contributed by atoms with Gasteiger partial charge >= 0.3 is 0 Å². The summed E-state index contributed by atoms with van der Waals surface area (Å²) in [6, 6.07) is 0.819. The van der Waals surface area contributed by atoms with Crippen molar-refractivity contribution in [1.29, 1.82) is 0 Å². The quantitative estimate of drug-likeness (QED) is 0.403. The molecule has 0 aliphatic carbocycles. The van der Waals surface area contributed by atoms with Crippen LogP contribution >= 0.6 is 0 Å². The second-order valence-electron chi connectivity index (χ2n) is 2.45. The summed E-state index contributed by atoms with van der Waals surface area (Å²) in [7, 11) is 3.94. The first-order valence-corrected chi connectivity index (χ1v) is 2.98. The highest BCUT2D eigenvalue weighted by Gasteiger charge is 2.14. The highest BCUT2D eigenvalue weighted by molar-refractivity contribution is 4.54. The summed E-state index contributed by atoms with van der Waals surface area (Å²) in [6.45, 7) is 3.54. The molecule has 1 heteroatoms. The molecule has 7 heavy (non-hydrogen) atoms. The molecule has 0 aromatic carbocycles. The normalized spacial score (nSPS) is 42.0. The van der Waals surface area contributed by atoms with Gasteiger partial charge in [-0.05, 0) is 13.3 Å². The lowest BCUT2D eigenvalue weighted by molar-refractivity contribution is -0.864. The second-order valence-corrected chi connectivity index (χ2v) is 2.45. The third-order valence-corrected chi connectivity index (χ3v) is 1.83. The minimum atomic E-state index is 0.819. The van der Waals surface area contributed by atoms with Crippen molar-refractivity contribution < 1.29 is 4.90 Å². The number of quaternary nitrogens is 1. The van der Waals surface area contributed by atoms with Crippen molar-refractivity contribution in [1.82, 2.24) is 0 Å². The molecule has 1 nitrogen and oxygen atoms in total. The van der Waals surface area contributed by atoms with Crippen LogP contribution in [0.1, 0.15) is 19.8 Å². The summed E-state index contributed by atoms with van der Waals surface area (Å²) in [6.07, 6.45) is 2.75. The predicted octanol–water partition coefficient (Wildman–Crippen LogP) is -0.155. The van der Waals surface area contributed by atoms with Crippen molar-refractivity contribution in [2.75, 3.05) is 6.54 Å². The van der Waals surface area contributed by atoms with Gasteiger partial charge in [-0.15, -0.1) is 0 Å². The molecule has 1 fully saturated rings. The lowest BCUT2D eigenvalue weighted by Crippen LogP contribution is -3.08. The second kappa shape index (κ2) is 1.83. The average molecular weight is 99.2 g/mol. The molecule has 2 atom stereocenters. The molecule has 0 bridgehead atoms. The number of rotatable bonds is 0. The van der Waals surface area contributed by atoms with Crippen molar-refractivity contribution >= 4 is 0 Å². The third-order valence-electron chi connectivity index (χ3n) is 1.83. The zero-order chi connectivity index (χ0) is 5.28. The first-order valence-electron chi connectivity index (χ1n) is 2.98. The Morgan fingerprint density at radius 2 is 2.43 bits per heavy atom. The topological polar surface area (TPSA) is 4.44 Å². The van der Waals surface area contributed by atoms with E-state index in [0.29, 0.717) is 0 Å². The largest absolute Gasteiger partial charge is 0.466 e. The fraction of sp³-hybridized carbons (Fsp3) is 0.833. The van der Waals surface area contributed by atoms with E-state index in [-0.39, 0.29) is 0 Å². The van der Waals surface area contributed by atoms with Gasteiger partial charge in [0.05, 0.1) is 12.6 Å². The third kappa shape index (κ3) is 0.942. The van der Waals surface area contributed by atoms with Crippen LogP contribution in [0.5, 0.6) is 0 Å². The number of hydrogen-bond acceptors (Lipinski definition) is 0. The molecule has 42 valence electrons. The molecule has 0 radical (unpaired) electrons. The maximum atomic E-state index is 3.94. The van der Waals surface area contributed by atoms with E-state index in [9.17, 15) is 0 Å². The fourth-order valence-electron chi connectivity index (χ4n) is 1.09. The number of nitrogens with one attached hydrogen (secondary N) is 1. The van der Waals surface area contributed by atoms with Crippen molar-refractivity contribution in [3.63, 3.8) is 0 Å². The Morgan fingerprint density at radius 3 is 2.57 bits per heavy atom. The van der Waals surface area contributed by atoms with Crippen molar-refractivity contribution in [3.05, 3.63) is 7.05 Å². The Kier molecular flexibility index (Phi) is 1.33. The van der Waals surface area contributed by atoms with Crippen LogP contribution in [0.15, 0.2) is 0 Å². The van der Waals surface area contributed by atoms with E-state index in [0.717, 1.165) is 6.04 Å². The summed E-state index contributed by atoms with van der Waals surface area (Å²) >= 11 is 0. The first-order chi connectivity index (χ1) is 3.30. The minimum Gasteiger partial charge on any atom is -0.466 e. The molecule has 1 unspecified atom stereocenters. The lowest BCUT2D eigenvalue weighted by atomic mass is 10.3. The van der Waals surface area contributed by atoms with Gasteiger partial charge in [-0.3, -0.25) is 0 Å². The summed E-state index contributed by atoms with van der Waals surface area (Å²) in [5.41, 5.74) is 0. The van der Waals surface area contributed by atoms with Gasteiger partial charge in [0.2, 0.25) is 0 Å². The molecule has 0 amide bonds. The highest BCUT2D eigenvalue weighted by Crippen LogP contribution is 1.96. The zero-order valence-electron chi connectivity index (χ0n) is 4.91. The van der Waals surface area contributed by atoms with Gasteiger partial charge in [-0.2, -0.15) is 7.05 Å². The van der Waals surface area contributed by atoms with Crippen molar-refractivity contribution in [2.24, 2.45) is 0 Å². The summed E-state index contributed by atoms with van der Waals surface area (Å²) < 4.78 is 0. The molecule has 0 spiro atoms. The highest BCUT2D eigenvalue weighted by atomic mass is 15.1. The lowest BCUT2D eigenvalue weighted by Gasteiger charge is -2.18. The molecule has 1 aliphatic heterocycles. The summed E-state index contributed by atoms with van der Waals surface area (Å²) in [5, 5.41) is 0. The van der Waals surface area contributed by atoms with E-state index in [1.54, 1.807) is 0 Å².